The van der Waals surface area contributed by atoms with Crippen molar-refractivity contribution >= 4 is 27.7 Å². The quantitative estimate of drug-likeness (QED) is 0.869. The molecule has 94 valence electrons. The number of pyridine rings is 1. The largest absolute Gasteiger partial charge is 0.329 e. The van der Waals surface area contributed by atoms with Crippen molar-refractivity contribution in [2.24, 2.45) is 5.73 Å². The lowest BCUT2D eigenvalue weighted by Gasteiger charge is -2.15. The number of benzene rings is 1. The van der Waals surface area contributed by atoms with Crippen LogP contribution in [0.3, 0.4) is 0 Å². The van der Waals surface area contributed by atoms with Crippen LogP contribution in [0.2, 0.25) is 0 Å². The Hall–Kier alpha value is -0.910. The normalized spacial score (nSPS) is 12.4. The summed E-state index contributed by atoms with van der Waals surface area (Å²) in [4.78, 5) is 4.28. The average molecular weight is 327 g/mol. The fourth-order valence-corrected chi connectivity index (χ4v) is 3.04. The van der Waals surface area contributed by atoms with Crippen LogP contribution in [0.4, 0.5) is 4.39 Å². The molecule has 1 aromatic carbocycles. The molecule has 1 unspecified atom stereocenters. The van der Waals surface area contributed by atoms with Crippen LogP contribution in [0.5, 0.6) is 0 Å². The van der Waals surface area contributed by atoms with E-state index in [1.807, 2.05) is 18.2 Å². The molecule has 0 saturated heterocycles. The van der Waals surface area contributed by atoms with Gasteiger partial charge in [-0.2, -0.15) is 0 Å². The standard InChI is InChI=1S/C13H12BrFN2S/c14-11-5-2-6-17-13(11)18-12(8-16)9-3-1-4-10(15)7-9/h1-7,12H,8,16H2. The van der Waals surface area contributed by atoms with Crippen LogP contribution in [-0.2, 0) is 0 Å². The number of aromatic nitrogens is 1. The van der Waals surface area contributed by atoms with Gasteiger partial charge in [-0.05, 0) is 45.8 Å². The zero-order chi connectivity index (χ0) is 13.0. The summed E-state index contributed by atoms with van der Waals surface area (Å²) in [6.07, 6.45) is 1.73. The molecule has 0 bridgehead atoms. The van der Waals surface area contributed by atoms with E-state index in [4.69, 9.17) is 5.73 Å². The lowest BCUT2D eigenvalue weighted by molar-refractivity contribution is 0.625. The molecule has 2 rings (SSSR count). The second-order valence-electron chi connectivity index (χ2n) is 3.69. The van der Waals surface area contributed by atoms with E-state index in [2.05, 4.69) is 20.9 Å². The van der Waals surface area contributed by atoms with Crippen molar-refractivity contribution in [3.05, 3.63) is 58.4 Å². The Morgan fingerprint density at radius 2 is 2.17 bits per heavy atom. The number of nitrogens with two attached hydrogens (primary N) is 1. The molecule has 2 N–H and O–H groups in total. The van der Waals surface area contributed by atoms with Gasteiger partial charge >= 0.3 is 0 Å². The Morgan fingerprint density at radius 1 is 1.33 bits per heavy atom. The highest BCUT2D eigenvalue weighted by atomic mass is 79.9. The number of thioether (sulfide) groups is 1. The molecule has 0 aliphatic carbocycles. The second-order valence-corrected chi connectivity index (χ2v) is 5.73. The van der Waals surface area contributed by atoms with E-state index in [1.54, 1.807) is 12.3 Å². The maximum atomic E-state index is 13.2. The fraction of sp³-hybridized carbons (Fsp3) is 0.154. The first-order valence-electron chi connectivity index (χ1n) is 5.43. The van der Waals surface area contributed by atoms with Crippen LogP contribution in [0, 0.1) is 5.82 Å². The molecule has 5 heteroatoms. The van der Waals surface area contributed by atoms with Crippen molar-refractivity contribution < 1.29 is 4.39 Å². The van der Waals surface area contributed by atoms with Gasteiger partial charge in [0.25, 0.3) is 0 Å². The van der Waals surface area contributed by atoms with Gasteiger partial charge in [-0.15, -0.1) is 0 Å². The maximum Gasteiger partial charge on any atom is 0.123 e. The SMILES string of the molecule is NCC(Sc1ncccc1Br)c1cccc(F)c1. The number of hydrogen-bond donors (Lipinski definition) is 1. The third-order valence-electron chi connectivity index (χ3n) is 2.41. The third-order valence-corrected chi connectivity index (χ3v) is 4.61. The lowest BCUT2D eigenvalue weighted by atomic mass is 10.1. The van der Waals surface area contributed by atoms with E-state index >= 15 is 0 Å². The number of nitrogens with zero attached hydrogens (tertiary/aromatic N) is 1. The van der Waals surface area contributed by atoms with Gasteiger partial charge in [-0.25, -0.2) is 9.37 Å². The smallest absolute Gasteiger partial charge is 0.123 e. The van der Waals surface area contributed by atoms with E-state index in [0.29, 0.717) is 6.54 Å². The minimum atomic E-state index is -0.244. The highest BCUT2D eigenvalue weighted by Gasteiger charge is 2.14. The Balaban J connectivity index is 2.23. The van der Waals surface area contributed by atoms with Crippen molar-refractivity contribution in [2.75, 3.05) is 6.54 Å². The number of hydrogen-bond acceptors (Lipinski definition) is 3. The first kappa shape index (κ1) is 13.5. The van der Waals surface area contributed by atoms with Crippen molar-refractivity contribution in [2.45, 2.75) is 10.3 Å². The van der Waals surface area contributed by atoms with Gasteiger partial charge in [0, 0.05) is 22.5 Å². The van der Waals surface area contributed by atoms with Crippen molar-refractivity contribution in [3.63, 3.8) is 0 Å². The molecule has 0 aliphatic heterocycles. The minimum absolute atomic E-state index is 0.00750. The van der Waals surface area contributed by atoms with Crippen molar-refractivity contribution in [3.8, 4) is 0 Å². The van der Waals surface area contributed by atoms with E-state index in [1.165, 1.54) is 23.9 Å². The molecule has 0 fully saturated rings. The van der Waals surface area contributed by atoms with E-state index < -0.39 is 0 Å². The van der Waals surface area contributed by atoms with Crippen LogP contribution in [-0.4, -0.2) is 11.5 Å². The van der Waals surface area contributed by atoms with Crippen LogP contribution in [0.1, 0.15) is 10.8 Å². The Morgan fingerprint density at radius 3 is 2.83 bits per heavy atom. The first-order chi connectivity index (χ1) is 8.70. The topological polar surface area (TPSA) is 38.9 Å². The van der Waals surface area contributed by atoms with Crippen molar-refractivity contribution in [1.82, 2.24) is 4.98 Å². The van der Waals surface area contributed by atoms with E-state index in [-0.39, 0.29) is 11.1 Å². The van der Waals surface area contributed by atoms with E-state index in [0.717, 1.165) is 15.1 Å². The Labute approximate surface area is 118 Å². The van der Waals surface area contributed by atoms with Crippen LogP contribution in [0.15, 0.2) is 52.1 Å². The summed E-state index contributed by atoms with van der Waals surface area (Å²) in [5.74, 6) is -0.244. The van der Waals surface area contributed by atoms with Crippen LogP contribution in [0.25, 0.3) is 0 Å². The molecule has 0 saturated carbocycles. The van der Waals surface area contributed by atoms with Gasteiger partial charge < -0.3 is 5.73 Å². The third kappa shape index (κ3) is 3.31. The molecular formula is C13H12BrFN2S. The molecule has 1 heterocycles. The zero-order valence-corrected chi connectivity index (χ0v) is 11.9. The summed E-state index contributed by atoms with van der Waals surface area (Å²) < 4.78 is 14.1. The predicted molar refractivity (Wildman–Crippen MR) is 76.0 cm³/mol. The summed E-state index contributed by atoms with van der Waals surface area (Å²) >= 11 is 4.97. The molecule has 1 atom stereocenters. The molecule has 0 spiro atoms. The molecule has 0 amide bonds. The first-order valence-corrected chi connectivity index (χ1v) is 7.10. The highest BCUT2D eigenvalue weighted by molar-refractivity contribution is 9.10. The zero-order valence-electron chi connectivity index (χ0n) is 9.51. The molecule has 0 radical (unpaired) electrons. The van der Waals surface area contributed by atoms with Gasteiger partial charge in [0.1, 0.15) is 10.8 Å². The molecular weight excluding hydrogens is 315 g/mol. The minimum Gasteiger partial charge on any atom is -0.329 e. The summed E-state index contributed by atoms with van der Waals surface area (Å²) in [6, 6.07) is 10.3. The predicted octanol–water partition coefficient (Wildman–Crippen LogP) is 3.78. The summed E-state index contributed by atoms with van der Waals surface area (Å²) in [6.45, 7) is 0.428. The highest BCUT2D eigenvalue weighted by Crippen LogP contribution is 2.36. The Bertz CT molecular complexity index is 536. The van der Waals surface area contributed by atoms with Gasteiger partial charge in [0.15, 0.2) is 0 Å². The number of rotatable bonds is 4. The number of halogens is 2. The second kappa shape index (κ2) is 6.31. The van der Waals surface area contributed by atoms with Crippen molar-refractivity contribution in [1.29, 1.82) is 0 Å². The van der Waals surface area contributed by atoms with Crippen LogP contribution < -0.4 is 5.73 Å². The van der Waals surface area contributed by atoms with Gasteiger partial charge in [-0.3, -0.25) is 0 Å². The van der Waals surface area contributed by atoms with Gasteiger partial charge in [-0.1, -0.05) is 23.9 Å². The summed E-state index contributed by atoms with van der Waals surface area (Å²) in [5, 5.41) is 0.851. The summed E-state index contributed by atoms with van der Waals surface area (Å²) in [7, 11) is 0. The van der Waals surface area contributed by atoms with E-state index in [9.17, 15) is 4.39 Å². The molecule has 1 aromatic heterocycles. The van der Waals surface area contributed by atoms with Gasteiger partial charge in [0.05, 0.1) is 0 Å². The molecule has 0 aliphatic rings. The maximum absolute atomic E-state index is 13.2. The molecule has 2 nitrogen and oxygen atoms in total. The van der Waals surface area contributed by atoms with Gasteiger partial charge in [0.2, 0.25) is 0 Å². The summed E-state index contributed by atoms with van der Waals surface area (Å²) in [5.41, 5.74) is 6.64. The monoisotopic (exact) mass is 326 g/mol. The fourth-order valence-electron chi connectivity index (χ4n) is 1.55. The average Bonchev–Trinajstić information content (AvgIpc) is 2.38. The molecule has 18 heavy (non-hydrogen) atoms. The Kier molecular flexibility index (Phi) is 4.74. The lowest BCUT2D eigenvalue weighted by Crippen LogP contribution is -2.09. The molecule has 2 aromatic rings. The van der Waals surface area contributed by atoms with Crippen LogP contribution >= 0.6 is 27.7 Å².